The summed E-state index contributed by atoms with van der Waals surface area (Å²) >= 11 is 0. The van der Waals surface area contributed by atoms with Crippen LogP contribution in [-0.4, -0.2) is 37.0 Å². The second kappa shape index (κ2) is 8.00. The highest BCUT2D eigenvalue weighted by Gasteiger charge is 2.34. The topological polar surface area (TPSA) is 93.7 Å². The maximum atomic E-state index is 14.1. The number of Topliss-reactive ketones (excluding diaryl/α,β-unsaturated/α-hetero) is 1. The lowest BCUT2D eigenvalue weighted by Crippen LogP contribution is -2.51. The fourth-order valence-corrected chi connectivity index (χ4v) is 3.67. The number of hydrogen-bond acceptors (Lipinski definition) is 5. The number of carbonyl (C=O) groups excluding carboxylic acids is 3. The van der Waals surface area contributed by atoms with Crippen molar-refractivity contribution in [2.45, 2.75) is 45.6 Å². The van der Waals surface area contributed by atoms with Gasteiger partial charge in [0.25, 0.3) is 0 Å². The van der Waals surface area contributed by atoms with E-state index in [1.807, 2.05) is 6.92 Å². The van der Waals surface area contributed by atoms with Crippen molar-refractivity contribution in [1.82, 2.24) is 10.6 Å². The molecule has 8 heteroatoms. The fraction of sp³-hybridized carbons (Fsp3) is 0.450. The van der Waals surface area contributed by atoms with Crippen LogP contribution < -0.4 is 15.4 Å². The third-order valence-corrected chi connectivity index (χ3v) is 4.94. The molecule has 0 spiro atoms. The number of esters is 1. The van der Waals surface area contributed by atoms with Crippen molar-refractivity contribution >= 4 is 17.8 Å². The summed E-state index contributed by atoms with van der Waals surface area (Å²) in [5.41, 5.74) is 1.13. The molecule has 2 atom stereocenters. The Kier molecular flexibility index (Phi) is 5.67. The Morgan fingerprint density at radius 2 is 2.04 bits per heavy atom. The van der Waals surface area contributed by atoms with Crippen LogP contribution in [-0.2, 0) is 9.53 Å². The highest BCUT2D eigenvalue weighted by Crippen LogP contribution is 2.39. The molecule has 7 nitrogen and oxygen atoms in total. The number of amides is 2. The first-order valence-electron chi connectivity index (χ1n) is 9.33. The number of fused-ring (bicyclic) bond motifs is 1. The van der Waals surface area contributed by atoms with Crippen LogP contribution in [0.2, 0.25) is 0 Å². The lowest BCUT2D eigenvalue weighted by atomic mass is 10.0. The molecule has 1 aliphatic heterocycles. The van der Waals surface area contributed by atoms with Crippen molar-refractivity contribution in [1.29, 1.82) is 0 Å². The van der Waals surface area contributed by atoms with Crippen molar-refractivity contribution in [2.75, 3.05) is 13.2 Å². The number of benzene rings is 1. The summed E-state index contributed by atoms with van der Waals surface area (Å²) < 4.78 is 25.0. The minimum absolute atomic E-state index is 0.155. The number of carbonyl (C=O) groups is 3. The van der Waals surface area contributed by atoms with Gasteiger partial charge in [0, 0.05) is 12.0 Å². The van der Waals surface area contributed by atoms with Gasteiger partial charge in [0.05, 0.1) is 29.5 Å². The molecule has 0 unspecified atom stereocenters. The third kappa shape index (κ3) is 3.58. The van der Waals surface area contributed by atoms with Crippen LogP contribution in [0.5, 0.6) is 5.75 Å². The van der Waals surface area contributed by atoms with E-state index in [0.29, 0.717) is 12.0 Å². The molecule has 1 heterocycles. The SMILES string of the molecule is CCOC(=O)C1=C(COc2ccc(F)c3c2C(=O)C[C@@H]3C)NC(=O)N[C@H]1CC. The van der Waals surface area contributed by atoms with Gasteiger partial charge >= 0.3 is 12.0 Å². The molecule has 0 fully saturated rings. The van der Waals surface area contributed by atoms with Gasteiger partial charge in [0.15, 0.2) is 5.78 Å². The molecule has 1 aromatic rings. The zero-order valence-electron chi connectivity index (χ0n) is 16.1. The molecule has 28 heavy (non-hydrogen) atoms. The van der Waals surface area contributed by atoms with Gasteiger partial charge in [-0.3, -0.25) is 4.79 Å². The van der Waals surface area contributed by atoms with Gasteiger partial charge in [0.2, 0.25) is 0 Å². The lowest BCUT2D eigenvalue weighted by Gasteiger charge is -2.28. The van der Waals surface area contributed by atoms with Crippen molar-refractivity contribution in [3.05, 3.63) is 40.3 Å². The Bertz CT molecular complexity index is 864. The van der Waals surface area contributed by atoms with E-state index in [9.17, 15) is 18.8 Å². The van der Waals surface area contributed by atoms with Crippen LogP contribution in [0.4, 0.5) is 9.18 Å². The van der Waals surface area contributed by atoms with Gasteiger partial charge in [0.1, 0.15) is 18.2 Å². The predicted octanol–water partition coefficient (Wildman–Crippen LogP) is 2.80. The van der Waals surface area contributed by atoms with Crippen molar-refractivity contribution < 1.29 is 28.2 Å². The van der Waals surface area contributed by atoms with Gasteiger partial charge in [-0.2, -0.15) is 0 Å². The summed E-state index contributed by atoms with van der Waals surface area (Å²) in [5.74, 6) is -1.15. The standard InChI is InChI=1S/C20H23FN2O5/c1-4-12-17(19(25)27-5-2)13(23-20(26)22-12)9-28-15-7-6-11(21)16-10(3)8-14(24)18(15)16/h6-7,10,12H,4-5,8-9H2,1-3H3,(H2,22,23,26)/t10-,12-/m0/s1. The monoisotopic (exact) mass is 390 g/mol. The zero-order chi connectivity index (χ0) is 20.4. The molecule has 0 radical (unpaired) electrons. The first-order valence-corrected chi connectivity index (χ1v) is 9.33. The minimum atomic E-state index is -0.547. The first kappa shape index (κ1) is 19.9. The van der Waals surface area contributed by atoms with Crippen LogP contribution in [0, 0.1) is 5.82 Å². The van der Waals surface area contributed by atoms with Crippen LogP contribution in [0.25, 0.3) is 0 Å². The second-order valence-electron chi connectivity index (χ2n) is 6.82. The Morgan fingerprint density at radius 3 is 2.71 bits per heavy atom. The third-order valence-electron chi connectivity index (χ3n) is 4.94. The number of ether oxygens (including phenoxy) is 2. The molecule has 3 rings (SSSR count). The van der Waals surface area contributed by atoms with Gasteiger partial charge in [-0.05, 0) is 31.4 Å². The summed E-state index contributed by atoms with van der Waals surface area (Å²) in [6, 6.07) is 1.70. The summed E-state index contributed by atoms with van der Waals surface area (Å²) in [6.07, 6.45) is 0.717. The van der Waals surface area contributed by atoms with Gasteiger partial charge in [-0.15, -0.1) is 0 Å². The molecule has 0 aromatic heterocycles. The van der Waals surface area contributed by atoms with E-state index in [1.54, 1.807) is 13.8 Å². The van der Waals surface area contributed by atoms with Gasteiger partial charge < -0.3 is 20.1 Å². The largest absolute Gasteiger partial charge is 0.487 e. The summed E-state index contributed by atoms with van der Waals surface area (Å²) in [7, 11) is 0. The maximum Gasteiger partial charge on any atom is 0.338 e. The first-order chi connectivity index (χ1) is 13.4. The number of rotatable bonds is 6. The smallest absolute Gasteiger partial charge is 0.338 e. The van der Waals surface area contributed by atoms with E-state index in [4.69, 9.17) is 9.47 Å². The molecular weight excluding hydrogens is 367 g/mol. The Morgan fingerprint density at radius 1 is 1.29 bits per heavy atom. The average Bonchev–Trinajstić information content (AvgIpc) is 2.96. The fourth-order valence-electron chi connectivity index (χ4n) is 3.67. The van der Waals surface area contributed by atoms with Crippen molar-refractivity contribution in [3.8, 4) is 5.75 Å². The van der Waals surface area contributed by atoms with E-state index in [1.165, 1.54) is 12.1 Å². The minimum Gasteiger partial charge on any atom is -0.487 e. The highest BCUT2D eigenvalue weighted by molar-refractivity contribution is 6.03. The normalized spacial score (nSPS) is 21.1. The van der Waals surface area contributed by atoms with Crippen LogP contribution in [0.15, 0.2) is 23.4 Å². The Hall–Kier alpha value is -2.90. The highest BCUT2D eigenvalue weighted by atomic mass is 19.1. The molecule has 2 amide bonds. The maximum absolute atomic E-state index is 14.1. The number of urea groups is 1. The van der Waals surface area contributed by atoms with E-state index in [0.717, 1.165) is 0 Å². The van der Waals surface area contributed by atoms with Gasteiger partial charge in [-0.1, -0.05) is 13.8 Å². The number of halogens is 1. The van der Waals surface area contributed by atoms with E-state index in [2.05, 4.69) is 10.6 Å². The molecule has 1 aliphatic carbocycles. The van der Waals surface area contributed by atoms with Gasteiger partial charge in [-0.25, -0.2) is 14.0 Å². The average molecular weight is 390 g/mol. The van der Waals surface area contributed by atoms with Crippen LogP contribution >= 0.6 is 0 Å². The molecule has 0 bridgehead atoms. The predicted molar refractivity (Wildman–Crippen MR) is 98.7 cm³/mol. The molecule has 2 N–H and O–H groups in total. The molecule has 2 aliphatic rings. The molecule has 0 saturated heterocycles. The summed E-state index contributed by atoms with van der Waals surface area (Å²) in [6.45, 7) is 5.35. The Labute approximate surface area is 162 Å². The van der Waals surface area contributed by atoms with Crippen LogP contribution in [0.1, 0.15) is 55.5 Å². The zero-order valence-corrected chi connectivity index (χ0v) is 16.1. The molecular formula is C20H23FN2O5. The molecule has 150 valence electrons. The summed E-state index contributed by atoms with van der Waals surface area (Å²) in [4.78, 5) is 36.6. The van der Waals surface area contributed by atoms with Crippen molar-refractivity contribution in [3.63, 3.8) is 0 Å². The summed E-state index contributed by atoms with van der Waals surface area (Å²) in [5, 5.41) is 5.26. The van der Waals surface area contributed by atoms with E-state index < -0.39 is 23.9 Å². The van der Waals surface area contributed by atoms with E-state index in [-0.39, 0.29) is 53.9 Å². The quantitative estimate of drug-likeness (QED) is 0.729. The van der Waals surface area contributed by atoms with Crippen molar-refractivity contribution in [2.24, 2.45) is 0 Å². The number of hydrogen-bond donors (Lipinski definition) is 2. The van der Waals surface area contributed by atoms with E-state index >= 15 is 0 Å². The molecule has 1 aromatic carbocycles. The van der Waals surface area contributed by atoms with Crippen LogP contribution in [0.3, 0.4) is 0 Å². The number of ketones is 1. The second-order valence-corrected chi connectivity index (χ2v) is 6.82. The Balaban J connectivity index is 1.93. The molecule has 0 saturated carbocycles. The number of nitrogens with one attached hydrogen (secondary N) is 2. The lowest BCUT2D eigenvalue weighted by molar-refractivity contribution is -0.139.